The topological polar surface area (TPSA) is 97.1 Å². The fraction of sp³-hybridized carbons (Fsp3) is 0.0909. The van der Waals surface area contributed by atoms with Crippen LogP contribution in [0.15, 0.2) is 65.2 Å². The van der Waals surface area contributed by atoms with Gasteiger partial charge in [0.05, 0.1) is 11.4 Å². The zero-order valence-corrected chi connectivity index (χ0v) is 17.2. The van der Waals surface area contributed by atoms with Crippen LogP contribution in [-0.4, -0.2) is 22.0 Å². The molecule has 9 heteroatoms. The van der Waals surface area contributed by atoms with Crippen molar-refractivity contribution in [2.24, 2.45) is 0 Å². The van der Waals surface area contributed by atoms with Crippen LogP contribution in [0.1, 0.15) is 22.2 Å². The number of hydrogen-bond donors (Lipinski definition) is 2. The van der Waals surface area contributed by atoms with E-state index in [9.17, 15) is 14.0 Å². The minimum Gasteiger partial charge on any atom is -0.347 e. The second-order valence-corrected chi connectivity index (χ2v) is 7.81. The van der Waals surface area contributed by atoms with Gasteiger partial charge in [0.2, 0.25) is 11.7 Å². The summed E-state index contributed by atoms with van der Waals surface area (Å²) in [6.07, 6.45) is 0. The standard InChI is InChI=1S/C22H17FN4O3S/c1-13(28)25-17-8-4-15(5-9-17)21(29)24-12-18-10-11-19(31-18)22-26-20(27-30-22)14-2-6-16(23)7-3-14/h2-11H,12H2,1H3,(H,24,29)(H,25,28). The third-order valence-corrected chi connectivity index (χ3v) is 5.36. The number of benzene rings is 2. The van der Waals surface area contributed by atoms with Crippen molar-refractivity contribution in [3.63, 3.8) is 0 Å². The Morgan fingerprint density at radius 2 is 1.77 bits per heavy atom. The highest BCUT2D eigenvalue weighted by atomic mass is 32.1. The molecule has 2 aromatic carbocycles. The van der Waals surface area contributed by atoms with Crippen LogP contribution < -0.4 is 10.6 Å². The van der Waals surface area contributed by atoms with Gasteiger partial charge in [0.15, 0.2) is 0 Å². The molecule has 4 rings (SSSR count). The van der Waals surface area contributed by atoms with Crippen molar-refractivity contribution in [2.45, 2.75) is 13.5 Å². The molecule has 2 aromatic heterocycles. The van der Waals surface area contributed by atoms with E-state index in [1.807, 2.05) is 12.1 Å². The van der Waals surface area contributed by atoms with E-state index in [4.69, 9.17) is 4.52 Å². The Morgan fingerprint density at radius 1 is 1.03 bits per heavy atom. The highest BCUT2D eigenvalue weighted by Gasteiger charge is 2.14. The Morgan fingerprint density at radius 3 is 2.48 bits per heavy atom. The molecule has 0 saturated carbocycles. The highest BCUT2D eigenvalue weighted by molar-refractivity contribution is 7.15. The fourth-order valence-electron chi connectivity index (χ4n) is 2.81. The van der Waals surface area contributed by atoms with Crippen LogP contribution >= 0.6 is 11.3 Å². The van der Waals surface area contributed by atoms with Gasteiger partial charge in [-0.2, -0.15) is 4.98 Å². The Bertz CT molecular complexity index is 1220. The summed E-state index contributed by atoms with van der Waals surface area (Å²) in [4.78, 5) is 29.5. The average molecular weight is 436 g/mol. The van der Waals surface area contributed by atoms with E-state index in [1.54, 1.807) is 36.4 Å². The number of nitrogens with zero attached hydrogens (tertiary/aromatic N) is 2. The molecule has 0 radical (unpaired) electrons. The molecule has 2 heterocycles. The first-order chi connectivity index (χ1) is 15.0. The summed E-state index contributed by atoms with van der Waals surface area (Å²) in [7, 11) is 0. The maximum atomic E-state index is 13.1. The Hall–Kier alpha value is -3.85. The van der Waals surface area contributed by atoms with Gasteiger partial charge in [0.1, 0.15) is 5.82 Å². The van der Waals surface area contributed by atoms with E-state index in [1.165, 1.54) is 30.4 Å². The maximum absolute atomic E-state index is 13.1. The molecular weight excluding hydrogens is 419 g/mol. The summed E-state index contributed by atoms with van der Waals surface area (Å²) in [6, 6.07) is 16.2. The second-order valence-electron chi connectivity index (χ2n) is 6.64. The lowest BCUT2D eigenvalue weighted by molar-refractivity contribution is -0.114. The van der Waals surface area contributed by atoms with Crippen molar-refractivity contribution in [3.05, 3.63) is 76.9 Å². The lowest BCUT2D eigenvalue weighted by Gasteiger charge is -2.05. The Labute approximate surface area is 180 Å². The summed E-state index contributed by atoms with van der Waals surface area (Å²) in [5.41, 5.74) is 1.78. The van der Waals surface area contributed by atoms with Crippen molar-refractivity contribution >= 4 is 28.8 Å². The van der Waals surface area contributed by atoms with Gasteiger partial charge in [-0.1, -0.05) is 5.16 Å². The second kappa shape index (κ2) is 8.88. The molecule has 0 aliphatic carbocycles. The predicted molar refractivity (Wildman–Crippen MR) is 115 cm³/mol. The van der Waals surface area contributed by atoms with Crippen LogP contribution in [0.5, 0.6) is 0 Å². The molecule has 0 spiro atoms. The summed E-state index contributed by atoms with van der Waals surface area (Å²) in [6.45, 7) is 1.77. The maximum Gasteiger partial charge on any atom is 0.268 e. The van der Waals surface area contributed by atoms with Gasteiger partial charge in [-0.3, -0.25) is 9.59 Å². The number of amides is 2. The number of nitrogens with one attached hydrogen (secondary N) is 2. The van der Waals surface area contributed by atoms with Crippen LogP contribution in [0.2, 0.25) is 0 Å². The van der Waals surface area contributed by atoms with Crippen molar-refractivity contribution < 1.29 is 18.5 Å². The van der Waals surface area contributed by atoms with Crippen LogP contribution in [0.25, 0.3) is 22.2 Å². The van der Waals surface area contributed by atoms with Crippen LogP contribution in [0.3, 0.4) is 0 Å². The van der Waals surface area contributed by atoms with E-state index < -0.39 is 0 Å². The lowest BCUT2D eigenvalue weighted by Crippen LogP contribution is -2.22. The molecule has 2 amide bonds. The molecule has 0 fully saturated rings. The molecule has 7 nitrogen and oxygen atoms in total. The number of carbonyl (C=O) groups excluding carboxylic acids is 2. The molecule has 0 bridgehead atoms. The van der Waals surface area contributed by atoms with Crippen LogP contribution in [0.4, 0.5) is 10.1 Å². The number of carbonyl (C=O) groups is 2. The number of thiophene rings is 1. The monoisotopic (exact) mass is 436 g/mol. The quantitative estimate of drug-likeness (QED) is 0.464. The third kappa shape index (κ3) is 5.01. The number of anilines is 1. The van der Waals surface area contributed by atoms with Gasteiger partial charge < -0.3 is 15.2 Å². The van der Waals surface area contributed by atoms with E-state index in [2.05, 4.69) is 20.8 Å². The van der Waals surface area contributed by atoms with Crippen molar-refractivity contribution in [1.82, 2.24) is 15.5 Å². The molecule has 0 atom stereocenters. The fourth-order valence-corrected chi connectivity index (χ4v) is 3.67. The molecule has 156 valence electrons. The summed E-state index contributed by atoms with van der Waals surface area (Å²) >= 11 is 1.42. The van der Waals surface area contributed by atoms with E-state index in [-0.39, 0.29) is 17.6 Å². The average Bonchev–Trinajstić information content (AvgIpc) is 3.42. The molecule has 0 saturated heterocycles. The van der Waals surface area contributed by atoms with E-state index >= 15 is 0 Å². The Kier molecular flexibility index (Phi) is 5.85. The first kappa shape index (κ1) is 20.4. The number of halogens is 1. The van der Waals surface area contributed by atoms with Crippen LogP contribution in [0, 0.1) is 5.82 Å². The molecule has 0 unspecified atom stereocenters. The number of hydrogen-bond acceptors (Lipinski definition) is 6. The van der Waals surface area contributed by atoms with Gasteiger partial charge in [0, 0.05) is 28.6 Å². The molecule has 31 heavy (non-hydrogen) atoms. The van der Waals surface area contributed by atoms with Gasteiger partial charge >= 0.3 is 0 Å². The number of rotatable bonds is 6. The summed E-state index contributed by atoms with van der Waals surface area (Å²) in [5.74, 6) is 0.00922. The highest BCUT2D eigenvalue weighted by Crippen LogP contribution is 2.28. The molecule has 4 aromatic rings. The van der Waals surface area contributed by atoms with Gasteiger partial charge in [0.25, 0.3) is 11.8 Å². The molecular formula is C22H17FN4O3S. The minimum atomic E-state index is -0.332. The molecule has 0 aliphatic heterocycles. The van der Waals surface area contributed by atoms with E-state index in [0.717, 1.165) is 9.75 Å². The van der Waals surface area contributed by atoms with Gasteiger partial charge in [-0.15, -0.1) is 11.3 Å². The zero-order chi connectivity index (χ0) is 21.8. The first-order valence-corrected chi connectivity index (χ1v) is 10.1. The zero-order valence-electron chi connectivity index (χ0n) is 16.4. The van der Waals surface area contributed by atoms with Crippen molar-refractivity contribution in [3.8, 4) is 22.2 Å². The Balaban J connectivity index is 1.37. The summed E-state index contributed by atoms with van der Waals surface area (Å²) in [5, 5.41) is 9.46. The van der Waals surface area contributed by atoms with Crippen LogP contribution in [-0.2, 0) is 11.3 Å². The first-order valence-electron chi connectivity index (χ1n) is 9.32. The lowest BCUT2D eigenvalue weighted by atomic mass is 10.2. The molecule has 2 N–H and O–H groups in total. The predicted octanol–water partition coefficient (Wildman–Crippen LogP) is 4.49. The smallest absolute Gasteiger partial charge is 0.268 e. The molecule has 0 aliphatic rings. The number of aromatic nitrogens is 2. The minimum absolute atomic E-state index is 0.170. The third-order valence-electron chi connectivity index (χ3n) is 4.29. The van der Waals surface area contributed by atoms with Gasteiger partial charge in [-0.05, 0) is 60.7 Å². The largest absolute Gasteiger partial charge is 0.347 e. The normalized spacial score (nSPS) is 10.6. The van der Waals surface area contributed by atoms with E-state index in [0.29, 0.717) is 35.1 Å². The SMILES string of the molecule is CC(=O)Nc1ccc(C(=O)NCc2ccc(-c3nc(-c4ccc(F)cc4)no3)s2)cc1. The summed E-state index contributed by atoms with van der Waals surface area (Å²) < 4.78 is 18.4. The van der Waals surface area contributed by atoms with Crippen molar-refractivity contribution in [2.75, 3.05) is 5.32 Å². The van der Waals surface area contributed by atoms with Gasteiger partial charge in [-0.25, -0.2) is 4.39 Å². The van der Waals surface area contributed by atoms with Crippen molar-refractivity contribution in [1.29, 1.82) is 0 Å².